The molecule has 0 unspecified atom stereocenters. The Balaban J connectivity index is 2.12. The monoisotopic (exact) mass is 278 g/mol. The van der Waals surface area contributed by atoms with Gasteiger partial charge >= 0.3 is 5.63 Å². The van der Waals surface area contributed by atoms with Crippen LogP contribution in [0, 0.1) is 0 Å². The maximum absolute atomic E-state index is 11.8. The number of hydrogen-bond donors (Lipinski definition) is 0. The topological polar surface area (TPSA) is 39.4 Å². The van der Waals surface area contributed by atoms with Crippen molar-refractivity contribution in [1.29, 1.82) is 0 Å². The van der Waals surface area contributed by atoms with Crippen molar-refractivity contribution in [3.63, 3.8) is 0 Å². The van der Waals surface area contributed by atoms with E-state index in [1.807, 2.05) is 60.7 Å². The zero-order valence-electron chi connectivity index (χ0n) is 11.6. The molecule has 3 rings (SSSR count). The molecule has 1 aromatic heterocycles. The number of benzene rings is 2. The van der Waals surface area contributed by atoms with Crippen molar-refractivity contribution in [3.05, 3.63) is 77.2 Å². The van der Waals surface area contributed by atoms with Gasteiger partial charge < -0.3 is 9.15 Å². The minimum absolute atomic E-state index is 0.367. The Morgan fingerprint density at radius 3 is 2.33 bits per heavy atom. The Labute approximate surface area is 122 Å². The molecule has 2 aromatic carbocycles. The molecule has 0 fully saturated rings. The molecule has 3 heteroatoms. The van der Waals surface area contributed by atoms with Crippen molar-refractivity contribution in [2.45, 2.75) is 0 Å². The van der Waals surface area contributed by atoms with E-state index < -0.39 is 0 Å². The second-order valence-electron chi connectivity index (χ2n) is 4.63. The lowest BCUT2D eigenvalue weighted by molar-refractivity contribution is 0.415. The SMILES string of the molecule is COc1cccc(-c2cc(-c3ccccc3)oc(=O)c2)c1. The van der Waals surface area contributed by atoms with Crippen LogP contribution in [-0.4, -0.2) is 7.11 Å². The highest BCUT2D eigenvalue weighted by Crippen LogP contribution is 2.26. The molecule has 21 heavy (non-hydrogen) atoms. The Bertz CT molecular complexity index is 804. The molecule has 0 atom stereocenters. The lowest BCUT2D eigenvalue weighted by Gasteiger charge is -2.06. The summed E-state index contributed by atoms with van der Waals surface area (Å²) in [7, 11) is 1.62. The van der Waals surface area contributed by atoms with Crippen LogP contribution in [0.1, 0.15) is 0 Å². The molecule has 0 radical (unpaired) electrons. The summed E-state index contributed by atoms with van der Waals surface area (Å²) < 4.78 is 10.5. The van der Waals surface area contributed by atoms with Gasteiger partial charge in [-0.2, -0.15) is 0 Å². The molecule has 0 aliphatic heterocycles. The van der Waals surface area contributed by atoms with Gasteiger partial charge in [-0.1, -0.05) is 42.5 Å². The second kappa shape index (κ2) is 5.67. The van der Waals surface area contributed by atoms with Crippen molar-refractivity contribution >= 4 is 0 Å². The van der Waals surface area contributed by atoms with E-state index in [1.54, 1.807) is 7.11 Å². The largest absolute Gasteiger partial charge is 0.497 e. The molecule has 0 N–H and O–H groups in total. The standard InChI is InChI=1S/C18H14O3/c1-20-16-9-5-8-14(10-16)15-11-17(21-18(19)12-15)13-6-3-2-4-7-13/h2-12H,1H3. The van der Waals surface area contributed by atoms with E-state index in [4.69, 9.17) is 9.15 Å². The molecular weight excluding hydrogens is 264 g/mol. The Morgan fingerprint density at radius 2 is 1.57 bits per heavy atom. The molecule has 0 aliphatic carbocycles. The van der Waals surface area contributed by atoms with Gasteiger partial charge in [0.25, 0.3) is 0 Å². The molecule has 0 amide bonds. The molecular formula is C18H14O3. The van der Waals surface area contributed by atoms with Gasteiger partial charge in [0.1, 0.15) is 11.5 Å². The molecule has 0 aliphatic rings. The molecule has 3 nitrogen and oxygen atoms in total. The van der Waals surface area contributed by atoms with Crippen molar-refractivity contribution in [1.82, 2.24) is 0 Å². The van der Waals surface area contributed by atoms with Crippen LogP contribution >= 0.6 is 0 Å². The van der Waals surface area contributed by atoms with Gasteiger partial charge in [0.2, 0.25) is 0 Å². The van der Waals surface area contributed by atoms with Gasteiger partial charge in [-0.05, 0) is 29.3 Å². The third-order valence-electron chi connectivity index (χ3n) is 3.23. The number of ether oxygens (including phenoxy) is 1. The van der Waals surface area contributed by atoms with E-state index in [1.165, 1.54) is 6.07 Å². The summed E-state index contributed by atoms with van der Waals surface area (Å²) in [6.45, 7) is 0. The zero-order chi connectivity index (χ0) is 14.7. The molecule has 104 valence electrons. The fourth-order valence-electron chi connectivity index (χ4n) is 2.19. The summed E-state index contributed by atoms with van der Waals surface area (Å²) in [6.07, 6.45) is 0. The summed E-state index contributed by atoms with van der Waals surface area (Å²) in [5, 5.41) is 0. The predicted molar refractivity (Wildman–Crippen MR) is 82.4 cm³/mol. The lowest BCUT2D eigenvalue weighted by Crippen LogP contribution is -1.98. The first kappa shape index (κ1) is 13.2. The third kappa shape index (κ3) is 2.87. The smallest absolute Gasteiger partial charge is 0.336 e. The van der Waals surface area contributed by atoms with Gasteiger partial charge in [-0.15, -0.1) is 0 Å². The molecule has 1 heterocycles. The van der Waals surface area contributed by atoms with Crippen molar-refractivity contribution < 1.29 is 9.15 Å². The van der Waals surface area contributed by atoms with Crippen LogP contribution in [0.4, 0.5) is 0 Å². The van der Waals surface area contributed by atoms with Crippen LogP contribution in [0.5, 0.6) is 5.75 Å². The van der Waals surface area contributed by atoms with Gasteiger partial charge in [0.15, 0.2) is 0 Å². The van der Waals surface area contributed by atoms with E-state index in [0.717, 1.165) is 22.4 Å². The highest BCUT2D eigenvalue weighted by atomic mass is 16.5. The summed E-state index contributed by atoms with van der Waals surface area (Å²) >= 11 is 0. The fourth-order valence-corrected chi connectivity index (χ4v) is 2.19. The first-order valence-corrected chi connectivity index (χ1v) is 6.61. The van der Waals surface area contributed by atoms with E-state index in [2.05, 4.69) is 0 Å². The van der Waals surface area contributed by atoms with E-state index >= 15 is 0 Å². The van der Waals surface area contributed by atoms with Crippen LogP contribution in [0.2, 0.25) is 0 Å². The lowest BCUT2D eigenvalue weighted by atomic mass is 10.0. The van der Waals surface area contributed by atoms with Crippen molar-refractivity contribution in [3.8, 4) is 28.2 Å². The maximum Gasteiger partial charge on any atom is 0.336 e. The average Bonchev–Trinajstić information content (AvgIpc) is 2.55. The number of hydrogen-bond acceptors (Lipinski definition) is 3. The quantitative estimate of drug-likeness (QED) is 0.727. The minimum atomic E-state index is -0.367. The van der Waals surface area contributed by atoms with E-state index in [0.29, 0.717) is 5.76 Å². The van der Waals surface area contributed by atoms with Crippen LogP contribution in [0.3, 0.4) is 0 Å². The summed E-state index contributed by atoms with van der Waals surface area (Å²) in [5.41, 5.74) is 2.23. The minimum Gasteiger partial charge on any atom is -0.497 e. The fraction of sp³-hybridized carbons (Fsp3) is 0.0556. The average molecular weight is 278 g/mol. The normalized spacial score (nSPS) is 10.3. The molecule has 0 saturated heterocycles. The van der Waals surface area contributed by atoms with Crippen LogP contribution in [-0.2, 0) is 0 Å². The Hall–Kier alpha value is -2.81. The zero-order valence-corrected chi connectivity index (χ0v) is 11.6. The van der Waals surface area contributed by atoms with Gasteiger partial charge in [0.05, 0.1) is 7.11 Å². The van der Waals surface area contributed by atoms with E-state index in [9.17, 15) is 4.79 Å². The van der Waals surface area contributed by atoms with Gasteiger partial charge in [-0.3, -0.25) is 0 Å². The van der Waals surface area contributed by atoms with Crippen molar-refractivity contribution in [2.75, 3.05) is 7.11 Å². The molecule has 0 bridgehead atoms. The predicted octanol–water partition coefficient (Wildman–Crippen LogP) is 3.98. The first-order valence-electron chi connectivity index (χ1n) is 6.61. The number of methoxy groups -OCH3 is 1. The van der Waals surface area contributed by atoms with Crippen LogP contribution in [0.15, 0.2) is 75.9 Å². The second-order valence-corrected chi connectivity index (χ2v) is 4.63. The Kier molecular flexibility index (Phi) is 3.56. The molecule has 0 saturated carbocycles. The molecule has 3 aromatic rings. The molecule has 0 spiro atoms. The highest BCUT2D eigenvalue weighted by Gasteiger charge is 2.07. The summed E-state index contributed by atoms with van der Waals surface area (Å²) in [5.74, 6) is 1.31. The maximum atomic E-state index is 11.8. The first-order chi connectivity index (χ1) is 10.3. The van der Waals surface area contributed by atoms with Crippen LogP contribution in [0.25, 0.3) is 22.5 Å². The van der Waals surface area contributed by atoms with Crippen molar-refractivity contribution in [2.24, 2.45) is 0 Å². The van der Waals surface area contributed by atoms with Crippen LogP contribution < -0.4 is 10.4 Å². The Morgan fingerprint density at radius 1 is 0.810 bits per heavy atom. The third-order valence-corrected chi connectivity index (χ3v) is 3.23. The van der Waals surface area contributed by atoms with Gasteiger partial charge in [-0.25, -0.2) is 4.79 Å². The number of rotatable bonds is 3. The summed E-state index contributed by atoms with van der Waals surface area (Å²) in [6, 6.07) is 20.5. The van der Waals surface area contributed by atoms with Gasteiger partial charge in [0, 0.05) is 11.6 Å². The van der Waals surface area contributed by atoms with E-state index in [-0.39, 0.29) is 5.63 Å². The highest BCUT2D eigenvalue weighted by molar-refractivity contribution is 5.70. The summed E-state index contributed by atoms with van der Waals surface area (Å²) in [4.78, 5) is 11.8.